The topological polar surface area (TPSA) is 114 Å². The summed E-state index contributed by atoms with van der Waals surface area (Å²) in [6.07, 6.45) is 1.28. The Balaban J connectivity index is 1.54. The Morgan fingerprint density at radius 1 is 1.05 bits per heavy atom. The molecule has 11 heteroatoms. The van der Waals surface area contributed by atoms with Crippen LogP contribution in [0.15, 0.2) is 64.6 Å². The van der Waals surface area contributed by atoms with E-state index in [1.807, 2.05) is 26.0 Å². The van der Waals surface area contributed by atoms with Crippen LogP contribution in [0, 0.1) is 19.7 Å². The fourth-order valence-corrected chi connectivity index (χ4v) is 4.34. The van der Waals surface area contributed by atoms with Crippen molar-refractivity contribution in [3.8, 4) is 11.5 Å². The zero-order valence-electron chi connectivity index (χ0n) is 21.1. The number of barbiturate groups is 1. The maximum absolute atomic E-state index is 13.3. The number of benzene rings is 3. The van der Waals surface area contributed by atoms with Gasteiger partial charge in [0, 0.05) is 5.69 Å². The van der Waals surface area contributed by atoms with Gasteiger partial charge in [0.15, 0.2) is 18.1 Å². The number of carbonyl (C=O) groups excluding carboxylic acids is 4. The maximum atomic E-state index is 13.3. The second-order valence-electron chi connectivity index (χ2n) is 8.60. The van der Waals surface area contributed by atoms with E-state index in [1.54, 1.807) is 12.1 Å². The maximum Gasteiger partial charge on any atom is 0.335 e. The molecule has 9 nitrogen and oxygen atoms in total. The van der Waals surface area contributed by atoms with Gasteiger partial charge < -0.3 is 14.8 Å². The molecule has 5 amide bonds. The van der Waals surface area contributed by atoms with Crippen LogP contribution >= 0.6 is 15.9 Å². The highest BCUT2D eigenvalue weighted by Crippen LogP contribution is 2.37. The van der Waals surface area contributed by atoms with E-state index in [-0.39, 0.29) is 35.3 Å². The molecule has 1 heterocycles. The summed E-state index contributed by atoms with van der Waals surface area (Å²) in [5.41, 5.74) is 2.93. The number of imide groups is 2. The van der Waals surface area contributed by atoms with Crippen LogP contribution in [-0.2, 0) is 14.4 Å². The molecule has 3 aromatic carbocycles. The summed E-state index contributed by atoms with van der Waals surface area (Å²) in [5.74, 6) is -2.23. The molecule has 200 valence electrons. The lowest BCUT2D eigenvalue weighted by molar-refractivity contribution is -0.122. The van der Waals surface area contributed by atoms with Gasteiger partial charge in [-0.2, -0.15) is 0 Å². The SMILES string of the molecule is COc1cc(/C=C2\C(=O)NC(=O)N(c3ccc(F)cc3)C2=O)cc(Br)c1OCC(=O)Nc1ccc(C)c(C)c1. The normalized spacial score (nSPS) is 14.3. The van der Waals surface area contributed by atoms with Crippen molar-refractivity contribution in [3.63, 3.8) is 0 Å². The first-order chi connectivity index (χ1) is 18.6. The van der Waals surface area contributed by atoms with Gasteiger partial charge in [-0.05, 0) is 101 Å². The fourth-order valence-electron chi connectivity index (χ4n) is 3.77. The number of carbonyl (C=O) groups is 4. The molecule has 0 aromatic heterocycles. The molecule has 0 aliphatic carbocycles. The van der Waals surface area contributed by atoms with Crippen molar-refractivity contribution in [1.29, 1.82) is 0 Å². The minimum absolute atomic E-state index is 0.0962. The Bertz CT molecular complexity index is 1520. The molecule has 4 rings (SSSR count). The van der Waals surface area contributed by atoms with Crippen molar-refractivity contribution in [3.05, 3.63) is 87.2 Å². The number of ether oxygens (including phenoxy) is 2. The van der Waals surface area contributed by atoms with Gasteiger partial charge in [-0.1, -0.05) is 6.07 Å². The van der Waals surface area contributed by atoms with Crippen LogP contribution in [0.3, 0.4) is 0 Å². The smallest absolute Gasteiger partial charge is 0.335 e. The zero-order valence-corrected chi connectivity index (χ0v) is 22.7. The fraction of sp³-hybridized carbons (Fsp3) is 0.143. The number of nitrogens with zero attached hydrogens (tertiary/aromatic N) is 1. The average molecular weight is 596 g/mol. The third-order valence-corrected chi connectivity index (χ3v) is 6.48. The van der Waals surface area contributed by atoms with E-state index in [2.05, 4.69) is 26.6 Å². The summed E-state index contributed by atoms with van der Waals surface area (Å²) < 4.78 is 24.8. The van der Waals surface area contributed by atoms with Gasteiger partial charge in [-0.3, -0.25) is 19.7 Å². The monoisotopic (exact) mass is 595 g/mol. The minimum Gasteiger partial charge on any atom is -0.493 e. The number of anilines is 2. The molecule has 1 aliphatic heterocycles. The Hall–Kier alpha value is -4.51. The van der Waals surface area contributed by atoms with Crippen LogP contribution in [-0.4, -0.2) is 37.5 Å². The second-order valence-corrected chi connectivity index (χ2v) is 9.46. The largest absolute Gasteiger partial charge is 0.493 e. The van der Waals surface area contributed by atoms with Gasteiger partial charge in [0.25, 0.3) is 17.7 Å². The van der Waals surface area contributed by atoms with Crippen LogP contribution in [0.5, 0.6) is 11.5 Å². The molecule has 1 fully saturated rings. The summed E-state index contributed by atoms with van der Waals surface area (Å²) in [6.45, 7) is 3.62. The predicted octanol–water partition coefficient (Wildman–Crippen LogP) is 4.90. The highest BCUT2D eigenvalue weighted by molar-refractivity contribution is 9.10. The summed E-state index contributed by atoms with van der Waals surface area (Å²) in [4.78, 5) is 51.1. The number of urea groups is 1. The van der Waals surface area contributed by atoms with Gasteiger partial charge in [-0.15, -0.1) is 0 Å². The third-order valence-electron chi connectivity index (χ3n) is 5.89. The van der Waals surface area contributed by atoms with Crippen molar-refractivity contribution < 1.29 is 33.0 Å². The van der Waals surface area contributed by atoms with Gasteiger partial charge in [0.2, 0.25) is 0 Å². The number of hydrogen-bond acceptors (Lipinski definition) is 6. The number of amides is 5. The average Bonchev–Trinajstić information content (AvgIpc) is 2.88. The van der Waals surface area contributed by atoms with Gasteiger partial charge >= 0.3 is 6.03 Å². The number of halogens is 2. The second kappa shape index (κ2) is 11.5. The van der Waals surface area contributed by atoms with Crippen LogP contribution in [0.25, 0.3) is 6.08 Å². The van der Waals surface area contributed by atoms with Crippen molar-refractivity contribution in [2.45, 2.75) is 13.8 Å². The van der Waals surface area contributed by atoms with E-state index in [1.165, 1.54) is 31.4 Å². The molecule has 0 atom stereocenters. The van der Waals surface area contributed by atoms with E-state index in [0.29, 0.717) is 15.7 Å². The van der Waals surface area contributed by atoms with Gasteiger partial charge in [-0.25, -0.2) is 14.1 Å². The first kappa shape index (κ1) is 27.5. The molecule has 1 aliphatic rings. The molecule has 0 bridgehead atoms. The van der Waals surface area contributed by atoms with Crippen LogP contribution in [0.1, 0.15) is 16.7 Å². The predicted molar refractivity (Wildman–Crippen MR) is 146 cm³/mol. The molecule has 0 radical (unpaired) electrons. The van der Waals surface area contributed by atoms with E-state index in [4.69, 9.17) is 9.47 Å². The molecular formula is C28H23BrFN3O6. The highest BCUT2D eigenvalue weighted by atomic mass is 79.9. The van der Waals surface area contributed by atoms with Gasteiger partial charge in [0.1, 0.15) is 11.4 Å². The first-order valence-corrected chi connectivity index (χ1v) is 12.4. The summed E-state index contributed by atoms with van der Waals surface area (Å²) in [6, 6.07) is 12.4. The third kappa shape index (κ3) is 6.15. The molecule has 0 spiro atoms. The van der Waals surface area contributed by atoms with E-state index < -0.39 is 23.7 Å². The Morgan fingerprint density at radius 2 is 1.77 bits per heavy atom. The molecule has 1 saturated heterocycles. The van der Waals surface area contributed by atoms with Crippen molar-refractivity contribution >= 4 is 57.1 Å². The summed E-state index contributed by atoms with van der Waals surface area (Å²) in [7, 11) is 1.40. The van der Waals surface area contributed by atoms with E-state index in [9.17, 15) is 23.6 Å². The Morgan fingerprint density at radius 3 is 2.44 bits per heavy atom. The van der Waals surface area contributed by atoms with Crippen LogP contribution in [0.4, 0.5) is 20.6 Å². The lowest BCUT2D eigenvalue weighted by atomic mass is 10.1. The number of methoxy groups -OCH3 is 1. The lowest BCUT2D eigenvalue weighted by Gasteiger charge is -2.26. The summed E-state index contributed by atoms with van der Waals surface area (Å²) >= 11 is 3.38. The molecule has 0 saturated carbocycles. The molecular weight excluding hydrogens is 573 g/mol. The lowest BCUT2D eigenvalue weighted by Crippen LogP contribution is -2.54. The molecule has 0 unspecified atom stereocenters. The minimum atomic E-state index is -0.949. The van der Waals surface area contributed by atoms with Crippen molar-refractivity contribution in [2.24, 2.45) is 0 Å². The zero-order chi connectivity index (χ0) is 28.3. The Labute approximate surface area is 231 Å². The number of rotatable bonds is 7. The number of nitrogens with one attached hydrogen (secondary N) is 2. The van der Waals surface area contributed by atoms with Crippen molar-refractivity contribution in [1.82, 2.24) is 5.32 Å². The highest BCUT2D eigenvalue weighted by Gasteiger charge is 2.37. The van der Waals surface area contributed by atoms with E-state index >= 15 is 0 Å². The molecule has 2 N–H and O–H groups in total. The standard InChI is InChI=1S/C28H23BrFN3O6/c1-15-4-7-19(10-16(15)2)31-24(34)14-39-25-22(29)12-17(13-23(25)38-3)11-21-26(35)32-28(37)33(27(21)36)20-8-5-18(30)6-9-20/h4-13H,14H2,1-3H3,(H,31,34)(H,32,35,37)/b21-11+. The number of hydrogen-bond donors (Lipinski definition) is 2. The van der Waals surface area contributed by atoms with Crippen molar-refractivity contribution in [2.75, 3.05) is 23.9 Å². The summed E-state index contributed by atoms with van der Waals surface area (Å²) in [5, 5.41) is 4.88. The Kier molecular flexibility index (Phi) is 8.10. The molecule has 3 aromatic rings. The van der Waals surface area contributed by atoms with Crippen LogP contribution in [0.2, 0.25) is 0 Å². The first-order valence-electron chi connectivity index (χ1n) is 11.6. The van der Waals surface area contributed by atoms with Crippen LogP contribution < -0.4 is 25.0 Å². The molecule has 39 heavy (non-hydrogen) atoms. The quantitative estimate of drug-likeness (QED) is 0.297. The number of aryl methyl sites for hydroxylation is 2. The van der Waals surface area contributed by atoms with Gasteiger partial charge in [0.05, 0.1) is 17.3 Å². The van der Waals surface area contributed by atoms with E-state index in [0.717, 1.165) is 28.2 Å².